The van der Waals surface area contributed by atoms with Crippen molar-refractivity contribution in [1.82, 2.24) is 32.8 Å². The first-order chi connectivity index (χ1) is 44.6. The molecule has 7 nitrogen and oxygen atoms in total. The van der Waals surface area contributed by atoms with E-state index in [4.69, 9.17) is 9.97 Å². The molecule has 16 rings (SSSR count). The summed E-state index contributed by atoms with van der Waals surface area (Å²) in [6.07, 6.45) is 0. The van der Waals surface area contributed by atoms with E-state index in [-0.39, 0.29) is 21.7 Å². The number of fused-ring (bicyclic) bond motifs is 11. The van der Waals surface area contributed by atoms with Crippen molar-refractivity contribution in [2.45, 2.75) is 105 Å². The van der Waals surface area contributed by atoms with E-state index >= 15 is 0 Å². The Hall–Kier alpha value is -9.26. The standard InChI is InChI=1S/C84H74N7.ClH.Pt/c1-81(2,3)54-31-37-71-63(46-54)64-47-55(82(4,5)6)32-38-72(64)87(71)60-35-41-75-67(50-60)68-51-61(88-73-39-33-56(83(7,8)9)48-65(73)66-49-57(84(10,11)12)34-40-74(66)88)36-42-76(68)89(75)62-44-52(79-85-69-27-19-21-29-77(69)90(79)58-23-15-13-16-24-58)43-53(45-62)80-86-70-28-20-22-30-78(70)91(80)59-25-17-14-18-26-59;;/h13-42,44-51H,1-12H3;1H;/q-1;;+2/p-1. The minimum absolute atomic E-state index is 0.0277. The SMILES string of the molecule is CC(C)(C)c1ccc2c(c1)c1cc(C(C)(C)C)ccc1n2-c1ccc2c(c1)c1cc(-n3c4ccc(C(C)(C)C)cc4c4cc(C(C)(C)C)ccc43)ccc1n2-c1cc(-c2nc3ccccc3n2-c2ccccc2)[c-]c(-c2nc3ccccc3n2-c2ccccc2)c1.[Cl][Pt+]. The summed E-state index contributed by atoms with van der Waals surface area (Å²) in [5.74, 6) is 1.57. The monoisotopic (exact) mass is 1410 g/mol. The van der Waals surface area contributed by atoms with Gasteiger partial charge in [-0.25, -0.2) is 0 Å². The zero-order valence-corrected chi connectivity index (χ0v) is 57.8. The molecular weight excluding hydrogens is 1340 g/mol. The van der Waals surface area contributed by atoms with Crippen molar-refractivity contribution in [1.29, 1.82) is 0 Å². The fourth-order valence-corrected chi connectivity index (χ4v) is 14.0. The van der Waals surface area contributed by atoms with E-state index in [0.717, 1.165) is 95.1 Å². The molecule has 0 saturated carbocycles. The van der Waals surface area contributed by atoms with Crippen LogP contribution in [0.1, 0.15) is 105 Å². The van der Waals surface area contributed by atoms with Crippen molar-refractivity contribution in [3.8, 4) is 51.2 Å². The van der Waals surface area contributed by atoms with E-state index in [1.807, 2.05) is 0 Å². The van der Waals surface area contributed by atoms with Gasteiger partial charge in [0.05, 0.1) is 66.8 Å². The van der Waals surface area contributed by atoms with Crippen LogP contribution in [-0.4, -0.2) is 32.8 Å². The average Bonchev–Trinajstić information content (AvgIpc) is 1.58. The van der Waals surface area contributed by atoms with E-state index in [2.05, 4.69) is 352 Å². The summed E-state index contributed by atoms with van der Waals surface area (Å²) in [7, 11) is 4.61. The first-order valence-electron chi connectivity index (χ1n) is 32.2. The van der Waals surface area contributed by atoms with Gasteiger partial charge in [0.15, 0.2) is 0 Å². The van der Waals surface area contributed by atoms with E-state index < -0.39 is 0 Å². The third-order valence-electron chi connectivity index (χ3n) is 19.0. The van der Waals surface area contributed by atoms with Crippen LogP contribution in [0.3, 0.4) is 0 Å². The number of halogens is 1. The number of para-hydroxylation sites is 6. The fourth-order valence-electron chi connectivity index (χ4n) is 14.0. The Labute approximate surface area is 559 Å². The normalized spacial score (nSPS) is 12.6. The van der Waals surface area contributed by atoms with Crippen molar-refractivity contribution in [3.63, 3.8) is 0 Å². The maximum atomic E-state index is 5.51. The van der Waals surface area contributed by atoms with Crippen LogP contribution >= 0.6 is 9.42 Å². The van der Waals surface area contributed by atoms with Gasteiger partial charge in [-0.2, -0.15) is 0 Å². The topological polar surface area (TPSA) is 50.4 Å². The molecule has 93 heavy (non-hydrogen) atoms. The molecule has 0 fully saturated rings. The molecule has 11 aromatic carbocycles. The van der Waals surface area contributed by atoms with Gasteiger partial charge in [-0.1, -0.05) is 191 Å². The van der Waals surface area contributed by atoms with Gasteiger partial charge in [-0.15, -0.1) is 6.07 Å². The van der Waals surface area contributed by atoms with Crippen molar-refractivity contribution in [2.75, 3.05) is 0 Å². The van der Waals surface area contributed by atoms with Crippen LogP contribution in [0.15, 0.2) is 231 Å². The van der Waals surface area contributed by atoms with E-state index in [0.29, 0.717) is 0 Å². The predicted molar refractivity (Wildman–Crippen MR) is 389 cm³/mol. The number of benzene rings is 11. The van der Waals surface area contributed by atoms with Crippen molar-refractivity contribution >= 4 is 96.9 Å². The summed E-state index contributed by atoms with van der Waals surface area (Å²) in [6.45, 7) is 27.8. The molecular formula is C84H74ClN7Pt. The quantitative estimate of drug-likeness (QED) is 0.149. The zero-order chi connectivity index (χ0) is 64.6. The number of hydrogen-bond acceptors (Lipinski definition) is 2. The Balaban J connectivity index is 0.00000355. The summed E-state index contributed by atoms with van der Waals surface area (Å²) < 4.78 is 12.0. The number of rotatable bonds is 7. The third kappa shape index (κ3) is 10.1. The summed E-state index contributed by atoms with van der Waals surface area (Å²) in [5, 5.41) is 7.32. The van der Waals surface area contributed by atoms with Crippen LogP contribution in [0.25, 0.3) is 139 Å². The van der Waals surface area contributed by atoms with Crippen LogP contribution < -0.4 is 0 Å². The molecule has 0 bridgehead atoms. The van der Waals surface area contributed by atoms with Gasteiger partial charge in [0, 0.05) is 55.1 Å². The number of hydrogen-bond donors (Lipinski definition) is 0. The average molecular weight is 1410 g/mol. The predicted octanol–water partition coefficient (Wildman–Crippen LogP) is 22.7. The molecule has 0 aliphatic heterocycles. The number of imidazole rings is 2. The molecule has 0 amide bonds. The summed E-state index contributed by atoms with van der Waals surface area (Å²) >= 11 is 1.61. The van der Waals surface area contributed by atoms with Gasteiger partial charge in [0.1, 0.15) is 0 Å². The van der Waals surface area contributed by atoms with E-state index in [1.165, 1.54) is 65.9 Å². The molecule has 0 spiro atoms. The Bertz CT molecular complexity index is 5140. The van der Waals surface area contributed by atoms with Crippen molar-refractivity contribution < 1.29 is 18.8 Å². The molecule has 5 aromatic heterocycles. The molecule has 0 N–H and O–H groups in total. The summed E-state index contributed by atoms with van der Waals surface area (Å²) in [4.78, 5) is 11.0. The second kappa shape index (κ2) is 22.2. The van der Waals surface area contributed by atoms with Crippen LogP contribution in [0, 0.1) is 6.07 Å². The van der Waals surface area contributed by atoms with Crippen LogP contribution in [0.5, 0.6) is 0 Å². The Morgan fingerprint density at radius 3 is 0.871 bits per heavy atom. The molecule has 0 aliphatic rings. The van der Waals surface area contributed by atoms with Gasteiger partial charge in [0.25, 0.3) is 0 Å². The second-order valence-corrected chi connectivity index (χ2v) is 29.2. The van der Waals surface area contributed by atoms with Gasteiger partial charge >= 0.3 is 28.2 Å². The molecule has 16 aromatic rings. The molecule has 0 saturated heterocycles. The Kier molecular flexibility index (Phi) is 14.3. The summed E-state index contributed by atoms with van der Waals surface area (Å²) in [5.41, 5.74) is 22.7. The zero-order valence-electron chi connectivity index (χ0n) is 54.8. The van der Waals surface area contributed by atoms with E-state index in [9.17, 15) is 0 Å². The molecule has 0 atom stereocenters. The first-order valence-corrected chi connectivity index (χ1v) is 35.0. The molecule has 0 radical (unpaired) electrons. The third-order valence-corrected chi connectivity index (χ3v) is 19.0. The maximum absolute atomic E-state index is 5.51. The molecule has 462 valence electrons. The summed E-state index contributed by atoms with van der Waals surface area (Å²) in [6, 6.07) is 89.4. The molecule has 0 unspecified atom stereocenters. The molecule has 9 heteroatoms. The van der Waals surface area contributed by atoms with Crippen molar-refractivity contribution in [2.24, 2.45) is 0 Å². The second-order valence-electron chi connectivity index (χ2n) is 29.2. The van der Waals surface area contributed by atoms with Crippen LogP contribution in [0.4, 0.5) is 0 Å². The van der Waals surface area contributed by atoms with Gasteiger partial charge in [-0.3, -0.25) is 9.97 Å². The number of aromatic nitrogens is 7. The van der Waals surface area contributed by atoms with Crippen LogP contribution in [-0.2, 0) is 40.4 Å². The molecule has 5 heterocycles. The molecule has 0 aliphatic carbocycles. The van der Waals surface area contributed by atoms with E-state index in [1.54, 1.807) is 18.8 Å². The van der Waals surface area contributed by atoms with Crippen molar-refractivity contribution in [3.05, 3.63) is 259 Å². The minimum atomic E-state index is -0.0277. The number of nitrogens with zero attached hydrogens (tertiary/aromatic N) is 7. The van der Waals surface area contributed by atoms with Crippen LogP contribution in [0.2, 0.25) is 0 Å². The first kappa shape index (κ1) is 60.0. The van der Waals surface area contributed by atoms with Gasteiger partial charge in [-0.05, 0) is 183 Å². The van der Waals surface area contributed by atoms with Gasteiger partial charge in [0.2, 0.25) is 0 Å². The van der Waals surface area contributed by atoms with Gasteiger partial charge < -0.3 is 22.8 Å². The Morgan fingerprint density at radius 2 is 0.548 bits per heavy atom. The Morgan fingerprint density at radius 1 is 0.269 bits per heavy atom. The fraction of sp³-hybridized carbons (Fsp3) is 0.190.